The Morgan fingerprint density at radius 2 is 1.77 bits per heavy atom. The second-order valence-corrected chi connectivity index (χ2v) is 16.2. The van der Waals surface area contributed by atoms with Crippen molar-refractivity contribution in [2.45, 2.75) is 55.3 Å². The summed E-state index contributed by atoms with van der Waals surface area (Å²) >= 11 is 1.31. The highest BCUT2D eigenvalue weighted by atomic mass is 32.2. The summed E-state index contributed by atoms with van der Waals surface area (Å²) in [5, 5.41) is 12.1. The predicted octanol–water partition coefficient (Wildman–Crippen LogP) is 6.05. The molecule has 2 saturated heterocycles. The molecule has 6 rings (SSSR count). The SMILES string of the molecule is C[C@@H](S[C@H]1CO[C@H](/C=C/C=C/c2ccc(C#N)cc2F)OC1)[C@@](Cn1cncn1)(OC(=O)c1ccccc1COC(=O)CCC(=O)N1CCN(C)CC1)c1ccc(F)cc1F. The van der Waals surface area contributed by atoms with Crippen LogP contribution in [0.4, 0.5) is 13.2 Å². The third-order valence-electron chi connectivity index (χ3n) is 10.3. The van der Waals surface area contributed by atoms with Gasteiger partial charge in [-0.1, -0.05) is 42.5 Å². The Balaban J connectivity index is 1.16. The molecule has 0 radical (unpaired) electrons. The standard InChI is InChI=1S/C44H45F3N6O7S/c1-30(61-35-25-58-42(59-26-35)10-6-4-7-32-12-11-31(23-48)21-38(32)46)44(27-53-29-49-28-50-53,37-14-13-34(45)22-39(37)47)60-43(56)36-9-5-3-8-33(36)24-57-41(55)16-15-40(54)52-19-17-51(2)18-20-52/h3-14,21-22,28-30,35,42H,15-20,24-27H2,1-2H3/b7-4+,10-6+/t30-,35-,42-,44-/m1/s1. The number of amides is 1. The van der Waals surface area contributed by atoms with Gasteiger partial charge in [-0.15, -0.1) is 11.8 Å². The van der Waals surface area contributed by atoms with Gasteiger partial charge in [-0.3, -0.25) is 9.59 Å². The normalized spacial score (nSPS) is 18.7. The number of piperazine rings is 1. The number of thioether (sulfide) groups is 1. The molecule has 1 amide bonds. The summed E-state index contributed by atoms with van der Waals surface area (Å²) in [5.74, 6) is -3.93. The zero-order valence-corrected chi connectivity index (χ0v) is 34.4. The molecule has 61 heavy (non-hydrogen) atoms. The van der Waals surface area contributed by atoms with Crippen molar-refractivity contribution in [1.82, 2.24) is 24.6 Å². The number of allylic oxidation sites excluding steroid dienone is 2. The van der Waals surface area contributed by atoms with E-state index in [4.69, 9.17) is 24.2 Å². The van der Waals surface area contributed by atoms with Crippen molar-refractivity contribution in [2.75, 3.05) is 46.4 Å². The van der Waals surface area contributed by atoms with Gasteiger partial charge < -0.3 is 28.7 Å². The van der Waals surface area contributed by atoms with Crippen LogP contribution in [0.3, 0.4) is 0 Å². The minimum absolute atomic E-state index is 0.00900. The van der Waals surface area contributed by atoms with E-state index in [9.17, 15) is 23.2 Å². The van der Waals surface area contributed by atoms with E-state index in [-0.39, 0.29) is 67.1 Å². The van der Waals surface area contributed by atoms with Gasteiger partial charge in [-0.25, -0.2) is 27.6 Å². The number of aromatic nitrogens is 3. The Morgan fingerprint density at radius 3 is 2.48 bits per heavy atom. The lowest BCUT2D eigenvalue weighted by Gasteiger charge is -2.40. The van der Waals surface area contributed by atoms with E-state index >= 15 is 4.39 Å². The van der Waals surface area contributed by atoms with Gasteiger partial charge in [-0.05, 0) is 50.4 Å². The molecule has 2 atom stereocenters. The van der Waals surface area contributed by atoms with Crippen molar-refractivity contribution >= 4 is 35.7 Å². The smallest absolute Gasteiger partial charge is 0.339 e. The monoisotopic (exact) mass is 858 g/mol. The minimum Gasteiger partial charge on any atom is -0.461 e. The van der Waals surface area contributed by atoms with Crippen LogP contribution in [0, 0.1) is 28.8 Å². The molecule has 17 heteroatoms. The highest BCUT2D eigenvalue weighted by Crippen LogP contribution is 2.42. The molecule has 0 aliphatic carbocycles. The maximum atomic E-state index is 16.0. The summed E-state index contributed by atoms with van der Waals surface area (Å²) in [6.07, 6.45) is 8.25. The van der Waals surface area contributed by atoms with Crippen molar-refractivity contribution in [3.63, 3.8) is 0 Å². The first-order valence-corrected chi connectivity index (χ1v) is 20.5. The van der Waals surface area contributed by atoms with Gasteiger partial charge >= 0.3 is 11.9 Å². The lowest BCUT2D eigenvalue weighted by atomic mass is 9.89. The molecule has 0 N–H and O–H groups in total. The maximum Gasteiger partial charge on any atom is 0.339 e. The summed E-state index contributed by atoms with van der Waals surface area (Å²) in [7, 11) is 1.98. The summed E-state index contributed by atoms with van der Waals surface area (Å²) in [6, 6.07) is 15.5. The summed E-state index contributed by atoms with van der Waals surface area (Å²) in [6.45, 7) is 4.28. The average molecular weight is 859 g/mol. The fourth-order valence-corrected chi connectivity index (χ4v) is 8.21. The van der Waals surface area contributed by atoms with Crippen LogP contribution >= 0.6 is 11.8 Å². The zero-order chi connectivity index (χ0) is 43.4. The number of hydrogen-bond acceptors (Lipinski definition) is 12. The zero-order valence-electron chi connectivity index (χ0n) is 33.6. The van der Waals surface area contributed by atoms with Gasteiger partial charge in [-0.2, -0.15) is 10.4 Å². The first kappa shape index (κ1) is 44.7. The fourth-order valence-electron chi connectivity index (χ4n) is 6.84. The van der Waals surface area contributed by atoms with Crippen molar-refractivity contribution in [2.24, 2.45) is 0 Å². The Labute approximate surface area is 355 Å². The van der Waals surface area contributed by atoms with E-state index in [1.54, 1.807) is 54.3 Å². The molecule has 2 aliphatic rings. The molecular formula is C44H45F3N6O7S. The van der Waals surface area contributed by atoms with Crippen LogP contribution < -0.4 is 0 Å². The topological polar surface area (TPSA) is 149 Å². The quantitative estimate of drug-likeness (QED) is 0.0955. The van der Waals surface area contributed by atoms with E-state index in [2.05, 4.69) is 15.0 Å². The van der Waals surface area contributed by atoms with Gasteiger partial charge in [0.1, 0.15) is 36.7 Å². The van der Waals surface area contributed by atoms with Gasteiger partial charge in [0.25, 0.3) is 0 Å². The number of nitrogens with zero attached hydrogens (tertiary/aromatic N) is 6. The molecule has 0 saturated carbocycles. The molecule has 2 fully saturated rings. The van der Waals surface area contributed by atoms with E-state index in [0.29, 0.717) is 30.3 Å². The largest absolute Gasteiger partial charge is 0.461 e. The molecule has 13 nitrogen and oxygen atoms in total. The van der Waals surface area contributed by atoms with E-state index in [1.807, 2.05) is 13.1 Å². The molecule has 1 aromatic heterocycles. The van der Waals surface area contributed by atoms with Crippen LogP contribution in [0.15, 0.2) is 91.5 Å². The molecule has 0 spiro atoms. The molecule has 2 aliphatic heterocycles. The van der Waals surface area contributed by atoms with Crippen LogP contribution in [-0.2, 0) is 47.3 Å². The van der Waals surface area contributed by atoms with Gasteiger partial charge in [0.2, 0.25) is 5.91 Å². The van der Waals surface area contributed by atoms with Crippen molar-refractivity contribution in [3.8, 4) is 6.07 Å². The Hall–Kier alpha value is -5.80. The fraction of sp³-hybridized carbons (Fsp3) is 0.364. The van der Waals surface area contributed by atoms with Gasteiger partial charge in [0.05, 0.1) is 48.6 Å². The van der Waals surface area contributed by atoms with Crippen LogP contribution in [0.5, 0.6) is 0 Å². The van der Waals surface area contributed by atoms with Crippen LogP contribution in [0.25, 0.3) is 6.08 Å². The summed E-state index contributed by atoms with van der Waals surface area (Å²) < 4.78 is 69.8. The molecular weight excluding hydrogens is 814 g/mol. The lowest BCUT2D eigenvalue weighted by molar-refractivity contribution is -0.147. The Morgan fingerprint density at radius 1 is 1.00 bits per heavy atom. The first-order valence-electron chi connectivity index (χ1n) is 19.6. The third-order valence-corrected chi connectivity index (χ3v) is 11.7. The molecule has 0 unspecified atom stereocenters. The third kappa shape index (κ3) is 11.9. The van der Waals surface area contributed by atoms with E-state index < -0.39 is 46.5 Å². The van der Waals surface area contributed by atoms with Gasteiger partial charge in [0, 0.05) is 60.6 Å². The molecule has 3 aromatic carbocycles. The van der Waals surface area contributed by atoms with E-state index in [1.165, 1.54) is 53.4 Å². The Bertz CT molecular complexity index is 2260. The van der Waals surface area contributed by atoms with Crippen molar-refractivity contribution in [1.29, 1.82) is 5.26 Å². The minimum atomic E-state index is -1.83. The summed E-state index contributed by atoms with van der Waals surface area (Å²) in [5.41, 5.74) is -1.07. The number of esters is 2. The highest BCUT2D eigenvalue weighted by molar-refractivity contribution is 8.00. The number of carbonyl (C=O) groups is 3. The number of carbonyl (C=O) groups excluding carboxylic acids is 3. The average Bonchev–Trinajstić information content (AvgIpc) is 3.77. The number of hydrogen-bond donors (Lipinski definition) is 0. The number of ether oxygens (including phenoxy) is 4. The lowest BCUT2D eigenvalue weighted by Crippen LogP contribution is -2.47. The molecule has 3 heterocycles. The number of rotatable bonds is 16. The molecule has 4 aromatic rings. The second-order valence-electron chi connectivity index (χ2n) is 14.5. The van der Waals surface area contributed by atoms with E-state index in [0.717, 1.165) is 25.2 Å². The predicted molar refractivity (Wildman–Crippen MR) is 219 cm³/mol. The summed E-state index contributed by atoms with van der Waals surface area (Å²) in [4.78, 5) is 47.7. The first-order chi connectivity index (χ1) is 29.4. The number of halogens is 3. The number of likely N-dealkylation sites (N-methyl/N-ethyl adjacent to an activating group) is 1. The van der Waals surface area contributed by atoms with Crippen LogP contribution in [-0.4, -0.2) is 106 Å². The maximum absolute atomic E-state index is 16.0. The number of nitriles is 1. The second kappa shape index (κ2) is 21.1. The van der Waals surface area contributed by atoms with Crippen molar-refractivity contribution in [3.05, 3.63) is 137 Å². The van der Waals surface area contributed by atoms with Gasteiger partial charge in [0.15, 0.2) is 11.9 Å². The van der Waals surface area contributed by atoms with Crippen LogP contribution in [0.1, 0.15) is 52.4 Å². The molecule has 0 bridgehead atoms. The van der Waals surface area contributed by atoms with Crippen LogP contribution in [0.2, 0.25) is 0 Å². The molecule has 320 valence electrons. The number of benzene rings is 3. The van der Waals surface area contributed by atoms with Crippen molar-refractivity contribution < 1.29 is 46.5 Å². The highest BCUT2D eigenvalue weighted by Gasteiger charge is 2.47. The Kier molecular flexibility index (Phi) is 15.5.